The molecule has 0 aliphatic heterocycles. The summed E-state index contributed by atoms with van der Waals surface area (Å²) in [5, 5.41) is 9.41. The Morgan fingerprint density at radius 3 is 3.00 bits per heavy atom. The topological polar surface area (TPSA) is 63.3 Å². The van der Waals surface area contributed by atoms with Gasteiger partial charge in [0.15, 0.2) is 10.4 Å². The van der Waals surface area contributed by atoms with Crippen LogP contribution in [-0.4, -0.2) is 16.1 Å². The van der Waals surface area contributed by atoms with E-state index < -0.39 is 5.97 Å². The maximum absolute atomic E-state index is 10.5. The number of halogens is 1. The molecule has 0 amide bonds. The number of carboxylic acid groups (broad SMARTS) is 1. The Bertz CT molecular complexity index is 477. The van der Waals surface area contributed by atoms with Gasteiger partial charge < -0.3 is 9.52 Å². The van der Waals surface area contributed by atoms with Gasteiger partial charge in [-0.15, -0.1) is 0 Å². The standard InChI is InChI=1S/C8H4BrNO3/c9-7-1-4-3-10-5(8(11)12)2-6(4)13-7/h1-3H,(H,11,12). The number of fused-ring (bicyclic) bond motifs is 1. The van der Waals surface area contributed by atoms with Crippen LogP contribution in [0.3, 0.4) is 0 Å². The van der Waals surface area contributed by atoms with Gasteiger partial charge in [-0.3, -0.25) is 0 Å². The van der Waals surface area contributed by atoms with E-state index in [-0.39, 0.29) is 5.69 Å². The van der Waals surface area contributed by atoms with Gasteiger partial charge >= 0.3 is 5.97 Å². The van der Waals surface area contributed by atoms with Crippen molar-refractivity contribution in [2.45, 2.75) is 0 Å². The average Bonchev–Trinajstić information content (AvgIpc) is 2.42. The second kappa shape index (κ2) is 2.85. The van der Waals surface area contributed by atoms with Crippen LogP contribution in [-0.2, 0) is 0 Å². The quantitative estimate of drug-likeness (QED) is 0.833. The van der Waals surface area contributed by atoms with Gasteiger partial charge in [-0.2, -0.15) is 0 Å². The normalized spacial score (nSPS) is 10.5. The highest BCUT2D eigenvalue weighted by molar-refractivity contribution is 9.10. The van der Waals surface area contributed by atoms with E-state index in [1.54, 1.807) is 6.07 Å². The van der Waals surface area contributed by atoms with Gasteiger partial charge in [-0.05, 0) is 15.9 Å². The van der Waals surface area contributed by atoms with Crippen molar-refractivity contribution in [2.75, 3.05) is 0 Å². The van der Waals surface area contributed by atoms with Crippen LogP contribution in [0.15, 0.2) is 27.4 Å². The number of carbonyl (C=O) groups is 1. The number of furan rings is 1. The fourth-order valence-corrected chi connectivity index (χ4v) is 1.44. The summed E-state index contributed by atoms with van der Waals surface area (Å²) in [7, 11) is 0. The van der Waals surface area contributed by atoms with Gasteiger partial charge in [0.25, 0.3) is 0 Å². The average molecular weight is 242 g/mol. The Balaban J connectivity index is 2.67. The Kier molecular flexibility index (Phi) is 1.81. The smallest absolute Gasteiger partial charge is 0.354 e. The van der Waals surface area contributed by atoms with Crippen LogP contribution in [0.4, 0.5) is 0 Å². The molecule has 0 fully saturated rings. The summed E-state index contributed by atoms with van der Waals surface area (Å²) in [6.45, 7) is 0. The van der Waals surface area contributed by atoms with Gasteiger partial charge in [0.05, 0.1) is 0 Å². The molecule has 0 bridgehead atoms. The van der Waals surface area contributed by atoms with Crippen LogP contribution < -0.4 is 0 Å². The number of aromatic carboxylic acids is 1. The van der Waals surface area contributed by atoms with Crippen molar-refractivity contribution in [2.24, 2.45) is 0 Å². The maximum atomic E-state index is 10.5. The molecule has 2 aromatic heterocycles. The largest absolute Gasteiger partial charge is 0.477 e. The molecule has 0 saturated heterocycles. The summed E-state index contributed by atoms with van der Waals surface area (Å²) in [4.78, 5) is 14.3. The third-order valence-electron chi connectivity index (χ3n) is 1.59. The van der Waals surface area contributed by atoms with E-state index in [0.29, 0.717) is 10.3 Å². The van der Waals surface area contributed by atoms with Crippen LogP contribution >= 0.6 is 15.9 Å². The van der Waals surface area contributed by atoms with Crippen molar-refractivity contribution in [3.05, 3.63) is 28.7 Å². The molecule has 0 radical (unpaired) electrons. The molecule has 66 valence electrons. The van der Waals surface area contributed by atoms with Crippen molar-refractivity contribution in [3.8, 4) is 0 Å². The van der Waals surface area contributed by atoms with Crippen LogP contribution in [0.1, 0.15) is 10.5 Å². The number of carboxylic acids is 1. The van der Waals surface area contributed by atoms with Gasteiger partial charge in [0, 0.05) is 23.7 Å². The maximum Gasteiger partial charge on any atom is 0.354 e. The zero-order valence-electron chi connectivity index (χ0n) is 6.32. The highest BCUT2D eigenvalue weighted by atomic mass is 79.9. The lowest BCUT2D eigenvalue weighted by Crippen LogP contribution is -1.98. The Morgan fingerprint density at radius 1 is 1.54 bits per heavy atom. The molecular formula is C8H4BrNO3. The minimum absolute atomic E-state index is 0.0191. The van der Waals surface area contributed by atoms with Crippen LogP contribution in [0.2, 0.25) is 0 Å². The number of nitrogens with zero attached hydrogens (tertiary/aromatic N) is 1. The van der Waals surface area contributed by atoms with E-state index in [1.165, 1.54) is 12.3 Å². The molecule has 0 spiro atoms. The Hall–Kier alpha value is -1.36. The molecule has 2 heterocycles. The Labute approximate surface area is 81.3 Å². The number of aromatic nitrogens is 1. The summed E-state index contributed by atoms with van der Waals surface area (Å²) < 4.78 is 5.73. The molecular weight excluding hydrogens is 238 g/mol. The first-order chi connectivity index (χ1) is 6.16. The molecule has 0 atom stereocenters. The van der Waals surface area contributed by atoms with Crippen molar-refractivity contribution >= 4 is 32.9 Å². The molecule has 0 aliphatic rings. The van der Waals surface area contributed by atoms with Gasteiger partial charge in [0.2, 0.25) is 0 Å². The van der Waals surface area contributed by atoms with E-state index >= 15 is 0 Å². The zero-order valence-corrected chi connectivity index (χ0v) is 7.91. The number of hydrogen-bond donors (Lipinski definition) is 1. The summed E-state index contributed by atoms with van der Waals surface area (Å²) >= 11 is 3.14. The first kappa shape index (κ1) is 8.25. The van der Waals surface area contributed by atoms with Crippen molar-refractivity contribution in [1.82, 2.24) is 4.98 Å². The van der Waals surface area contributed by atoms with E-state index in [4.69, 9.17) is 9.52 Å². The fourth-order valence-electron chi connectivity index (χ4n) is 1.02. The number of pyridine rings is 1. The van der Waals surface area contributed by atoms with Crippen molar-refractivity contribution < 1.29 is 14.3 Å². The predicted octanol–water partition coefficient (Wildman–Crippen LogP) is 2.29. The van der Waals surface area contributed by atoms with E-state index in [1.807, 2.05) is 0 Å². The molecule has 0 aromatic carbocycles. The first-order valence-electron chi connectivity index (χ1n) is 3.45. The summed E-state index contributed by atoms with van der Waals surface area (Å²) in [6, 6.07) is 3.12. The molecule has 1 N–H and O–H groups in total. The fraction of sp³-hybridized carbons (Fsp3) is 0. The lowest BCUT2D eigenvalue weighted by atomic mass is 10.3. The number of rotatable bonds is 1. The van der Waals surface area contributed by atoms with Crippen LogP contribution in [0.25, 0.3) is 11.0 Å². The van der Waals surface area contributed by atoms with Gasteiger partial charge in [-0.1, -0.05) is 0 Å². The van der Waals surface area contributed by atoms with Gasteiger partial charge in [0.1, 0.15) is 5.58 Å². The highest BCUT2D eigenvalue weighted by Gasteiger charge is 2.08. The molecule has 4 nitrogen and oxygen atoms in total. The first-order valence-corrected chi connectivity index (χ1v) is 4.24. The minimum atomic E-state index is -1.06. The summed E-state index contributed by atoms with van der Waals surface area (Å²) in [5.41, 5.74) is 0.494. The minimum Gasteiger partial charge on any atom is -0.477 e. The molecule has 5 heteroatoms. The SMILES string of the molecule is O=C(O)c1cc2oc(Br)cc2cn1. The zero-order chi connectivity index (χ0) is 9.42. The van der Waals surface area contributed by atoms with Crippen molar-refractivity contribution in [1.29, 1.82) is 0 Å². The monoisotopic (exact) mass is 241 g/mol. The van der Waals surface area contributed by atoms with Crippen LogP contribution in [0, 0.1) is 0 Å². The third-order valence-corrected chi connectivity index (χ3v) is 1.98. The summed E-state index contributed by atoms with van der Waals surface area (Å²) in [6.07, 6.45) is 1.47. The van der Waals surface area contributed by atoms with Crippen LogP contribution in [0.5, 0.6) is 0 Å². The van der Waals surface area contributed by atoms with Gasteiger partial charge in [-0.25, -0.2) is 9.78 Å². The van der Waals surface area contributed by atoms with E-state index in [9.17, 15) is 4.79 Å². The summed E-state index contributed by atoms with van der Waals surface area (Å²) in [5.74, 6) is -1.06. The molecule has 0 unspecified atom stereocenters. The second-order valence-corrected chi connectivity index (χ2v) is 3.24. The lowest BCUT2D eigenvalue weighted by Gasteiger charge is -1.91. The molecule has 0 aliphatic carbocycles. The second-order valence-electron chi connectivity index (χ2n) is 2.46. The Morgan fingerprint density at radius 2 is 2.31 bits per heavy atom. The molecule has 2 rings (SSSR count). The third kappa shape index (κ3) is 1.42. The van der Waals surface area contributed by atoms with E-state index in [0.717, 1.165) is 5.39 Å². The molecule has 2 aromatic rings. The lowest BCUT2D eigenvalue weighted by molar-refractivity contribution is 0.0690. The highest BCUT2D eigenvalue weighted by Crippen LogP contribution is 2.22. The predicted molar refractivity (Wildman–Crippen MR) is 48.7 cm³/mol. The molecule has 13 heavy (non-hydrogen) atoms. The number of hydrogen-bond acceptors (Lipinski definition) is 3. The van der Waals surface area contributed by atoms with E-state index in [2.05, 4.69) is 20.9 Å². The molecule has 0 saturated carbocycles. The van der Waals surface area contributed by atoms with Crippen molar-refractivity contribution in [3.63, 3.8) is 0 Å².